The maximum Gasteiger partial charge on any atom is 0.320 e. The number of ketones is 1. The number of Topliss-reactive ketones (excluding diaryl/α,β-unsaturated/α-hetero) is 1. The van der Waals surface area contributed by atoms with Crippen molar-refractivity contribution in [2.45, 2.75) is 50.4 Å². The Labute approximate surface area is 187 Å². The first-order chi connectivity index (χ1) is 14.8. The van der Waals surface area contributed by atoms with Crippen molar-refractivity contribution in [2.75, 3.05) is 13.8 Å². The second kappa shape index (κ2) is 10.3. The quantitative estimate of drug-likeness (QED) is 0.453. The molecule has 2 aromatic rings. The van der Waals surface area contributed by atoms with Gasteiger partial charge in [0, 0.05) is 29.5 Å². The summed E-state index contributed by atoms with van der Waals surface area (Å²) in [5.41, 5.74) is 6.47. The highest BCUT2D eigenvalue weighted by molar-refractivity contribution is 6.31. The number of hydrogen-bond donors (Lipinski definition) is 2. The van der Waals surface area contributed by atoms with Gasteiger partial charge in [0.25, 0.3) is 6.73 Å². The first kappa shape index (κ1) is 23.3. The van der Waals surface area contributed by atoms with E-state index in [1.54, 1.807) is 0 Å². The Kier molecular flexibility index (Phi) is 7.78. The summed E-state index contributed by atoms with van der Waals surface area (Å²) in [6, 6.07) is 10.2. The molecule has 31 heavy (non-hydrogen) atoms. The highest BCUT2D eigenvalue weighted by atomic mass is 35.5. The van der Waals surface area contributed by atoms with Gasteiger partial charge in [-0.2, -0.15) is 4.57 Å². The predicted octanol–water partition coefficient (Wildman–Crippen LogP) is 2.48. The fourth-order valence-electron chi connectivity index (χ4n) is 4.22. The van der Waals surface area contributed by atoms with Gasteiger partial charge in [0.1, 0.15) is 18.3 Å². The third kappa shape index (κ3) is 5.30. The smallest absolute Gasteiger partial charge is 0.320 e. The average Bonchev–Trinajstić information content (AvgIpc) is 2.75. The van der Waals surface area contributed by atoms with E-state index in [2.05, 4.69) is 0 Å². The standard InChI is InChI=1S/C23H28ClN3O4/c1-26(15-31-16-27-12-6-7-17(14-27)13-20(25)22(29)30)23(11-5-4-10-21(23)28)18-8-2-3-9-19(18)24/h2-3,6-9,12,14,20H,4-5,10-11,13,15-16,25H2,1H3/p+1. The third-order valence-corrected chi connectivity index (χ3v) is 6.17. The number of nitrogens with zero attached hydrogens (tertiary/aromatic N) is 2. The van der Waals surface area contributed by atoms with Crippen LogP contribution in [0, 0.1) is 0 Å². The Balaban J connectivity index is 1.70. The SMILES string of the molecule is CN(COC[n+]1cccc(CC(N)C(=O)O)c1)C1(c2ccccc2Cl)CCCCC1=O. The van der Waals surface area contributed by atoms with Gasteiger partial charge in [0.05, 0.1) is 0 Å². The van der Waals surface area contributed by atoms with E-state index < -0.39 is 17.6 Å². The van der Waals surface area contributed by atoms with Gasteiger partial charge < -0.3 is 15.6 Å². The van der Waals surface area contributed by atoms with E-state index in [4.69, 9.17) is 27.2 Å². The lowest BCUT2D eigenvalue weighted by Gasteiger charge is -2.43. The van der Waals surface area contributed by atoms with Gasteiger partial charge in [0.15, 0.2) is 18.2 Å². The van der Waals surface area contributed by atoms with E-state index >= 15 is 0 Å². The summed E-state index contributed by atoms with van der Waals surface area (Å²) in [5.74, 6) is -0.870. The minimum Gasteiger partial charge on any atom is -0.480 e. The zero-order chi connectivity index (χ0) is 22.4. The molecule has 3 rings (SSSR count). The van der Waals surface area contributed by atoms with E-state index in [-0.39, 0.29) is 25.7 Å². The van der Waals surface area contributed by atoms with Crippen molar-refractivity contribution in [1.82, 2.24) is 4.90 Å². The largest absolute Gasteiger partial charge is 0.480 e. The van der Waals surface area contributed by atoms with Crippen molar-refractivity contribution in [1.29, 1.82) is 0 Å². The number of aliphatic carboxylic acids is 1. The van der Waals surface area contributed by atoms with Crippen LogP contribution in [-0.2, 0) is 33.0 Å². The Morgan fingerprint density at radius 3 is 2.81 bits per heavy atom. The number of carboxylic acids is 1. The summed E-state index contributed by atoms with van der Waals surface area (Å²) in [6.45, 7) is 0.496. The second-order valence-corrected chi connectivity index (χ2v) is 8.41. The van der Waals surface area contributed by atoms with Crippen LogP contribution in [0.1, 0.15) is 36.8 Å². The Morgan fingerprint density at radius 2 is 2.10 bits per heavy atom. The minimum absolute atomic E-state index is 0.162. The van der Waals surface area contributed by atoms with Crippen LogP contribution in [0.25, 0.3) is 0 Å². The van der Waals surface area contributed by atoms with E-state index in [9.17, 15) is 9.59 Å². The van der Waals surface area contributed by atoms with Crippen LogP contribution in [0.15, 0.2) is 48.8 Å². The summed E-state index contributed by atoms with van der Waals surface area (Å²) in [4.78, 5) is 26.1. The van der Waals surface area contributed by atoms with Gasteiger partial charge in [-0.25, -0.2) is 0 Å². The van der Waals surface area contributed by atoms with E-state index in [0.29, 0.717) is 17.9 Å². The maximum atomic E-state index is 13.1. The topological polar surface area (TPSA) is 96.7 Å². The molecule has 8 heteroatoms. The highest BCUT2D eigenvalue weighted by Crippen LogP contribution is 2.42. The fraction of sp³-hybridized carbons (Fsp3) is 0.435. The van der Waals surface area contributed by atoms with Gasteiger partial charge >= 0.3 is 5.97 Å². The van der Waals surface area contributed by atoms with Crippen LogP contribution >= 0.6 is 11.6 Å². The zero-order valence-corrected chi connectivity index (χ0v) is 18.4. The molecule has 1 aliphatic rings. The van der Waals surface area contributed by atoms with Crippen LogP contribution in [0.5, 0.6) is 0 Å². The van der Waals surface area contributed by atoms with Crippen molar-refractivity contribution in [3.05, 3.63) is 64.9 Å². The summed E-state index contributed by atoms with van der Waals surface area (Å²) in [7, 11) is 1.89. The number of nitrogens with two attached hydrogens (primary N) is 1. The molecule has 0 aliphatic heterocycles. The van der Waals surface area contributed by atoms with Crippen molar-refractivity contribution >= 4 is 23.4 Å². The summed E-state index contributed by atoms with van der Waals surface area (Å²) in [6.07, 6.45) is 6.95. The number of hydrogen-bond acceptors (Lipinski definition) is 5. The minimum atomic E-state index is -1.03. The molecule has 1 aromatic carbocycles. The van der Waals surface area contributed by atoms with Crippen LogP contribution in [-0.4, -0.2) is 41.6 Å². The Bertz CT molecular complexity index is 939. The molecular formula is C23H29ClN3O4+. The summed E-state index contributed by atoms with van der Waals surface area (Å²) < 4.78 is 7.74. The molecule has 1 fully saturated rings. The number of likely N-dealkylation sites (N-methyl/N-ethyl adjacent to an activating group) is 1. The Morgan fingerprint density at radius 1 is 1.32 bits per heavy atom. The molecule has 0 radical (unpaired) electrons. The van der Waals surface area contributed by atoms with Crippen LogP contribution in [0.3, 0.4) is 0 Å². The zero-order valence-electron chi connectivity index (χ0n) is 17.7. The van der Waals surface area contributed by atoms with E-state index in [1.165, 1.54) is 0 Å². The number of carboxylic acid groups (broad SMARTS) is 1. The van der Waals surface area contributed by atoms with Crippen LogP contribution < -0.4 is 10.3 Å². The predicted molar refractivity (Wildman–Crippen MR) is 116 cm³/mol. The van der Waals surface area contributed by atoms with Crippen molar-refractivity contribution in [3.63, 3.8) is 0 Å². The number of pyridine rings is 1. The normalized spacial score (nSPS) is 20.1. The lowest BCUT2D eigenvalue weighted by Crippen LogP contribution is -2.53. The molecule has 1 aromatic heterocycles. The molecule has 0 saturated heterocycles. The first-order valence-electron chi connectivity index (χ1n) is 10.4. The second-order valence-electron chi connectivity index (χ2n) is 8.01. The number of carbonyl (C=O) groups excluding carboxylic acids is 1. The summed E-state index contributed by atoms with van der Waals surface area (Å²) in [5, 5.41) is 9.58. The molecule has 2 unspecified atom stereocenters. The Hall–Kier alpha value is -2.32. The molecule has 1 saturated carbocycles. The van der Waals surface area contributed by atoms with E-state index in [1.807, 2.05) is 65.3 Å². The average molecular weight is 447 g/mol. The first-order valence-corrected chi connectivity index (χ1v) is 10.8. The van der Waals surface area contributed by atoms with Crippen LogP contribution in [0.2, 0.25) is 5.02 Å². The van der Waals surface area contributed by atoms with Crippen molar-refractivity contribution in [2.24, 2.45) is 5.73 Å². The van der Waals surface area contributed by atoms with Gasteiger partial charge in [-0.15, -0.1) is 0 Å². The summed E-state index contributed by atoms with van der Waals surface area (Å²) >= 11 is 6.49. The van der Waals surface area contributed by atoms with Gasteiger partial charge in [-0.3, -0.25) is 14.5 Å². The molecule has 2 atom stereocenters. The molecular weight excluding hydrogens is 418 g/mol. The lowest BCUT2D eigenvalue weighted by molar-refractivity contribution is -0.734. The van der Waals surface area contributed by atoms with Crippen molar-refractivity contribution in [3.8, 4) is 0 Å². The molecule has 1 aliphatic carbocycles. The van der Waals surface area contributed by atoms with Crippen LogP contribution in [0.4, 0.5) is 0 Å². The van der Waals surface area contributed by atoms with Gasteiger partial charge in [-0.1, -0.05) is 36.2 Å². The molecule has 1 heterocycles. The van der Waals surface area contributed by atoms with Gasteiger partial charge in [0.2, 0.25) is 0 Å². The molecule has 0 amide bonds. The monoisotopic (exact) mass is 446 g/mol. The molecule has 3 N–H and O–H groups in total. The molecule has 166 valence electrons. The lowest BCUT2D eigenvalue weighted by atomic mass is 9.74. The fourth-order valence-corrected chi connectivity index (χ4v) is 4.51. The molecule has 0 spiro atoms. The highest BCUT2D eigenvalue weighted by Gasteiger charge is 2.46. The molecule has 0 bridgehead atoms. The number of benzene rings is 1. The molecule has 7 nitrogen and oxygen atoms in total. The van der Waals surface area contributed by atoms with Crippen molar-refractivity contribution < 1.29 is 24.0 Å². The number of carbonyl (C=O) groups is 2. The third-order valence-electron chi connectivity index (χ3n) is 5.84. The maximum absolute atomic E-state index is 13.1. The number of aromatic nitrogens is 1. The number of halogens is 1. The number of ether oxygens (including phenoxy) is 1. The number of rotatable bonds is 9. The van der Waals surface area contributed by atoms with Gasteiger partial charge in [-0.05, 0) is 37.6 Å². The van der Waals surface area contributed by atoms with E-state index in [0.717, 1.165) is 24.0 Å².